The predicted molar refractivity (Wildman–Crippen MR) is 89.4 cm³/mol. The Kier molecular flexibility index (Phi) is 7.87. The van der Waals surface area contributed by atoms with Crippen molar-refractivity contribution in [3.05, 3.63) is 23.8 Å². The lowest BCUT2D eigenvalue weighted by Crippen LogP contribution is -2.16. The molecule has 0 radical (unpaired) electrons. The molecule has 0 aliphatic carbocycles. The second kappa shape index (κ2) is 9.14. The van der Waals surface area contributed by atoms with E-state index < -0.39 is 16.2 Å². The lowest BCUT2D eigenvalue weighted by molar-refractivity contribution is -0.137. The van der Waals surface area contributed by atoms with Gasteiger partial charge in [0, 0.05) is 11.3 Å². The van der Waals surface area contributed by atoms with Crippen LogP contribution in [0.25, 0.3) is 0 Å². The summed E-state index contributed by atoms with van der Waals surface area (Å²) in [4.78, 5) is 12.1. The third-order valence-electron chi connectivity index (χ3n) is 2.85. The van der Waals surface area contributed by atoms with Crippen molar-refractivity contribution >= 4 is 27.8 Å². The molecule has 6 nitrogen and oxygen atoms in total. The Balaban J connectivity index is 2.47. The SMILES string of the molecule is COC(=O)CSc1ccc(OCCC(C)OS(C)(=O)=O)cc1C. The molecule has 0 saturated carbocycles. The molecular weight excluding hydrogens is 340 g/mol. The van der Waals surface area contributed by atoms with Crippen molar-refractivity contribution < 1.29 is 26.9 Å². The maximum atomic E-state index is 11.1. The van der Waals surface area contributed by atoms with E-state index in [2.05, 4.69) is 4.74 Å². The molecular formula is C15H22O6S2. The van der Waals surface area contributed by atoms with E-state index in [1.807, 2.05) is 25.1 Å². The number of carbonyl (C=O) groups excluding carboxylic acids is 1. The Bertz CT molecular complexity index is 627. The van der Waals surface area contributed by atoms with E-state index in [1.165, 1.54) is 18.9 Å². The lowest BCUT2D eigenvalue weighted by Gasteiger charge is -2.13. The molecule has 0 aliphatic rings. The van der Waals surface area contributed by atoms with E-state index in [9.17, 15) is 13.2 Å². The third kappa shape index (κ3) is 8.24. The van der Waals surface area contributed by atoms with E-state index in [0.717, 1.165) is 16.7 Å². The minimum Gasteiger partial charge on any atom is -0.493 e. The first kappa shape index (κ1) is 19.8. The summed E-state index contributed by atoms with van der Waals surface area (Å²) < 4.78 is 37.0. The van der Waals surface area contributed by atoms with E-state index >= 15 is 0 Å². The normalized spacial score (nSPS) is 12.7. The van der Waals surface area contributed by atoms with Gasteiger partial charge in [0.15, 0.2) is 0 Å². The quantitative estimate of drug-likeness (QED) is 0.379. The number of ether oxygens (including phenoxy) is 2. The van der Waals surface area contributed by atoms with Crippen LogP contribution in [0.3, 0.4) is 0 Å². The van der Waals surface area contributed by atoms with Gasteiger partial charge in [0.2, 0.25) is 0 Å². The average molecular weight is 362 g/mol. The summed E-state index contributed by atoms with van der Waals surface area (Å²) in [6.07, 6.45) is 1.06. The van der Waals surface area contributed by atoms with Crippen molar-refractivity contribution in [1.29, 1.82) is 0 Å². The van der Waals surface area contributed by atoms with Crippen molar-refractivity contribution in [3.8, 4) is 5.75 Å². The zero-order valence-electron chi connectivity index (χ0n) is 13.7. The summed E-state index contributed by atoms with van der Waals surface area (Å²) in [5.41, 5.74) is 0.997. The topological polar surface area (TPSA) is 78.9 Å². The lowest BCUT2D eigenvalue weighted by atomic mass is 10.2. The van der Waals surface area contributed by atoms with Crippen LogP contribution in [-0.2, 0) is 23.8 Å². The molecule has 1 aromatic carbocycles. The van der Waals surface area contributed by atoms with Crippen LogP contribution >= 0.6 is 11.8 Å². The first-order valence-electron chi connectivity index (χ1n) is 7.02. The number of thioether (sulfide) groups is 1. The summed E-state index contributed by atoms with van der Waals surface area (Å²) in [5.74, 6) is 0.684. The Hall–Kier alpha value is -1.25. The first-order chi connectivity index (χ1) is 10.7. The molecule has 0 spiro atoms. The van der Waals surface area contributed by atoms with Crippen molar-refractivity contribution in [3.63, 3.8) is 0 Å². The van der Waals surface area contributed by atoms with Gasteiger partial charge in [-0.2, -0.15) is 8.42 Å². The Morgan fingerprint density at radius 3 is 2.61 bits per heavy atom. The molecule has 130 valence electrons. The number of hydrogen-bond acceptors (Lipinski definition) is 7. The maximum Gasteiger partial charge on any atom is 0.315 e. The minimum absolute atomic E-state index is 0.262. The fraction of sp³-hybridized carbons (Fsp3) is 0.533. The van der Waals surface area contributed by atoms with Crippen LogP contribution in [0.5, 0.6) is 5.75 Å². The molecule has 0 aromatic heterocycles. The zero-order valence-corrected chi connectivity index (χ0v) is 15.3. The summed E-state index contributed by atoms with van der Waals surface area (Å²) in [6, 6.07) is 5.57. The number of carbonyl (C=O) groups is 1. The number of esters is 1. The molecule has 0 N–H and O–H groups in total. The Labute approximate surface area is 141 Å². The highest BCUT2D eigenvalue weighted by molar-refractivity contribution is 8.00. The van der Waals surface area contributed by atoms with Gasteiger partial charge in [-0.1, -0.05) is 0 Å². The first-order valence-corrected chi connectivity index (χ1v) is 9.83. The largest absolute Gasteiger partial charge is 0.493 e. The van der Waals surface area contributed by atoms with Crippen LogP contribution < -0.4 is 4.74 Å². The Morgan fingerprint density at radius 1 is 1.35 bits per heavy atom. The molecule has 1 rings (SSSR count). The van der Waals surface area contributed by atoms with Gasteiger partial charge in [0.25, 0.3) is 10.1 Å². The standard InChI is InChI=1S/C15H22O6S2/c1-11-9-13(5-6-14(11)22-10-15(16)19-3)20-8-7-12(2)21-23(4,17)18/h5-6,9,12H,7-8,10H2,1-4H3. The van der Waals surface area contributed by atoms with Crippen LogP contribution in [0.2, 0.25) is 0 Å². The average Bonchev–Trinajstić information content (AvgIpc) is 2.44. The molecule has 1 atom stereocenters. The smallest absolute Gasteiger partial charge is 0.315 e. The van der Waals surface area contributed by atoms with Crippen molar-refractivity contribution in [2.45, 2.75) is 31.3 Å². The monoisotopic (exact) mass is 362 g/mol. The highest BCUT2D eigenvalue weighted by Gasteiger charge is 2.11. The van der Waals surface area contributed by atoms with Gasteiger partial charge in [-0.3, -0.25) is 8.98 Å². The second-order valence-electron chi connectivity index (χ2n) is 5.04. The maximum absolute atomic E-state index is 11.1. The van der Waals surface area contributed by atoms with Crippen LogP contribution in [0.4, 0.5) is 0 Å². The summed E-state index contributed by atoms with van der Waals surface area (Å²) >= 11 is 1.41. The molecule has 0 bridgehead atoms. The number of hydrogen-bond donors (Lipinski definition) is 0. The van der Waals surface area contributed by atoms with Gasteiger partial charge < -0.3 is 9.47 Å². The van der Waals surface area contributed by atoms with E-state index in [4.69, 9.17) is 8.92 Å². The number of methoxy groups -OCH3 is 1. The van der Waals surface area contributed by atoms with E-state index in [1.54, 1.807) is 6.92 Å². The molecule has 0 amide bonds. The van der Waals surface area contributed by atoms with Gasteiger partial charge in [-0.15, -0.1) is 11.8 Å². The molecule has 0 aliphatic heterocycles. The van der Waals surface area contributed by atoms with Gasteiger partial charge in [0.1, 0.15) is 5.75 Å². The van der Waals surface area contributed by atoms with Crippen molar-refractivity contribution in [2.75, 3.05) is 25.7 Å². The molecule has 8 heteroatoms. The summed E-state index contributed by atoms with van der Waals surface area (Å²) in [5, 5.41) is 0. The van der Waals surface area contributed by atoms with Crippen LogP contribution in [0, 0.1) is 6.92 Å². The molecule has 1 unspecified atom stereocenters. The van der Waals surface area contributed by atoms with Gasteiger partial charge >= 0.3 is 5.97 Å². The number of benzene rings is 1. The van der Waals surface area contributed by atoms with E-state index in [-0.39, 0.29) is 11.7 Å². The van der Waals surface area contributed by atoms with Crippen molar-refractivity contribution in [2.24, 2.45) is 0 Å². The van der Waals surface area contributed by atoms with Crippen molar-refractivity contribution in [1.82, 2.24) is 0 Å². The number of aryl methyl sites for hydroxylation is 1. The molecule has 0 heterocycles. The highest BCUT2D eigenvalue weighted by Crippen LogP contribution is 2.26. The Morgan fingerprint density at radius 2 is 2.04 bits per heavy atom. The zero-order chi connectivity index (χ0) is 17.5. The molecule has 1 aromatic rings. The second-order valence-corrected chi connectivity index (χ2v) is 7.66. The highest BCUT2D eigenvalue weighted by atomic mass is 32.2. The van der Waals surface area contributed by atoms with Crippen LogP contribution in [0.1, 0.15) is 18.9 Å². The predicted octanol–water partition coefficient (Wildman–Crippen LogP) is 2.39. The van der Waals surface area contributed by atoms with Gasteiger partial charge in [-0.25, -0.2) is 0 Å². The summed E-state index contributed by atoms with van der Waals surface area (Å²) in [7, 11) is -2.08. The molecule has 23 heavy (non-hydrogen) atoms. The molecule has 0 saturated heterocycles. The fourth-order valence-electron chi connectivity index (χ4n) is 1.76. The number of rotatable bonds is 9. The van der Waals surface area contributed by atoms with Crippen LogP contribution in [-0.4, -0.2) is 46.2 Å². The fourth-order valence-corrected chi connectivity index (χ4v) is 3.29. The van der Waals surface area contributed by atoms with Gasteiger partial charge in [-0.05, 0) is 37.6 Å². The van der Waals surface area contributed by atoms with Crippen LogP contribution in [0.15, 0.2) is 23.1 Å². The third-order valence-corrected chi connectivity index (χ3v) is 4.68. The van der Waals surface area contributed by atoms with Gasteiger partial charge in [0.05, 0.1) is 31.8 Å². The molecule has 0 fully saturated rings. The summed E-state index contributed by atoms with van der Waals surface area (Å²) in [6.45, 7) is 3.97. The van der Waals surface area contributed by atoms with E-state index in [0.29, 0.717) is 18.8 Å². The minimum atomic E-state index is -3.44.